The van der Waals surface area contributed by atoms with Crippen LogP contribution < -0.4 is 16.0 Å². The molecule has 0 N–H and O–H groups in total. The highest BCUT2D eigenvalue weighted by molar-refractivity contribution is 9.10. The van der Waals surface area contributed by atoms with Crippen molar-refractivity contribution in [2.24, 2.45) is 0 Å². The fourth-order valence-corrected chi connectivity index (χ4v) is 2.69. The van der Waals surface area contributed by atoms with Crippen LogP contribution in [-0.2, 0) is 13.1 Å². The van der Waals surface area contributed by atoms with E-state index in [9.17, 15) is 9.59 Å². The van der Waals surface area contributed by atoms with Gasteiger partial charge in [-0.25, -0.2) is 4.79 Å². The molecule has 6 heteroatoms. The third kappa shape index (κ3) is 3.44. The quantitative estimate of drug-likeness (QED) is 0.829. The predicted octanol–water partition coefficient (Wildman–Crippen LogP) is 2.24. The van der Waals surface area contributed by atoms with Crippen LogP contribution in [0.15, 0.2) is 44.5 Å². The van der Waals surface area contributed by atoms with E-state index in [2.05, 4.69) is 15.9 Å². The molecule has 0 fully saturated rings. The molecule has 0 amide bonds. The minimum Gasteiger partial charge on any atom is -0.496 e. The highest BCUT2D eigenvalue weighted by atomic mass is 79.9. The molecule has 2 aromatic rings. The molecule has 0 saturated heterocycles. The van der Waals surface area contributed by atoms with Gasteiger partial charge in [-0.1, -0.05) is 13.0 Å². The van der Waals surface area contributed by atoms with E-state index in [1.54, 1.807) is 23.9 Å². The summed E-state index contributed by atoms with van der Waals surface area (Å²) in [5, 5.41) is 0. The Morgan fingerprint density at radius 2 is 2.00 bits per heavy atom. The first-order chi connectivity index (χ1) is 10.1. The maximum absolute atomic E-state index is 12.3. The van der Waals surface area contributed by atoms with Crippen LogP contribution in [-0.4, -0.2) is 16.2 Å². The number of methoxy groups -OCH3 is 1. The van der Waals surface area contributed by atoms with E-state index < -0.39 is 0 Å². The number of hydrogen-bond donors (Lipinski definition) is 0. The molecule has 0 bridgehead atoms. The summed E-state index contributed by atoms with van der Waals surface area (Å²) in [6.07, 6.45) is 2.39. The van der Waals surface area contributed by atoms with E-state index in [4.69, 9.17) is 4.74 Å². The maximum atomic E-state index is 12.3. The standard InChI is InChI=1S/C15H17BrN2O3/c1-3-7-17-8-6-14(19)18(15(17)20)10-11-4-5-13(21-2)12(16)9-11/h4-6,8-9H,3,7,10H2,1-2H3. The van der Waals surface area contributed by atoms with Crippen molar-refractivity contribution in [3.63, 3.8) is 0 Å². The Labute approximate surface area is 130 Å². The number of benzene rings is 1. The lowest BCUT2D eigenvalue weighted by Crippen LogP contribution is -2.39. The number of aromatic nitrogens is 2. The van der Waals surface area contributed by atoms with Gasteiger partial charge in [0.05, 0.1) is 18.1 Å². The van der Waals surface area contributed by atoms with E-state index in [-0.39, 0.29) is 17.8 Å². The van der Waals surface area contributed by atoms with Crippen molar-refractivity contribution < 1.29 is 4.74 Å². The Hall–Kier alpha value is -1.82. The normalized spacial score (nSPS) is 10.6. The summed E-state index contributed by atoms with van der Waals surface area (Å²) < 4.78 is 8.75. The molecule has 0 radical (unpaired) electrons. The summed E-state index contributed by atoms with van der Waals surface area (Å²) in [6.45, 7) is 2.83. The van der Waals surface area contributed by atoms with Crippen LogP contribution >= 0.6 is 15.9 Å². The number of aryl methyl sites for hydroxylation is 1. The van der Waals surface area contributed by atoms with Gasteiger partial charge >= 0.3 is 5.69 Å². The van der Waals surface area contributed by atoms with Crippen molar-refractivity contribution >= 4 is 15.9 Å². The molecular weight excluding hydrogens is 336 g/mol. The zero-order valence-corrected chi connectivity index (χ0v) is 13.6. The Balaban J connectivity index is 2.39. The first-order valence-electron chi connectivity index (χ1n) is 6.69. The largest absolute Gasteiger partial charge is 0.496 e. The number of ether oxygens (including phenoxy) is 1. The summed E-state index contributed by atoms with van der Waals surface area (Å²) >= 11 is 3.40. The molecule has 21 heavy (non-hydrogen) atoms. The van der Waals surface area contributed by atoms with Gasteiger partial charge in [-0.05, 0) is 40.0 Å². The van der Waals surface area contributed by atoms with Gasteiger partial charge in [0.15, 0.2) is 0 Å². The first kappa shape index (κ1) is 15.6. The summed E-state index contributed by atoms with van der Waals surface area (Å²) in [5.41, 5.74) is 0.284. The molecule has 0 atom stereocenters. The van der Waals surface area contributed by atoms with Crippen molar-refractivity contribution in [3.05, 3.63) is 61.3 Å². The lowest BCUT2D eigenvalue weighted by atomic mass is 10.2. The molecule has 2 rings (SSSR count). The summed E-state index contributed by atoms with van der Waals surface area (Å²) in [7, 11) is 1.59. The molecule has 0 aliphatic carbocycles. The minimum atomic E-state index is -0.292. The number of hydrogen-bond acceptors (Lipinski definition) is 3. The number of nitrogens with zero attached hydrogens (tertiary/aromatic N) is 2. The molecule has 112 valence electrons. The highest BCUT2D eigenvalue weighted by Crippen LogP contribution is 2.25. The van der Waals surface area contributed by atoms with Crippen LogP contribution in [0, 0.1) is 0 Å². The van der Waals surface area contributed by atoms with Gasteiger partial charge < -0.3 is 9.30 Å². The number of halogens is 1. The Kier molecular flexibility index (Phi) is 5.01. The van der Waals surface area contributed by atoms with Crippen LogP contribution in [0.3, 0.4) is 0 Å². The fraction of sp³-hybridized carbons (Fsp3) is 0.333. The molecular formula is C15H17BrN2O3. The van der Waals surface area contributed by atoms with Crippen LogP contribution in [0.2, 0.25) is 0 Å². The average Bonchev–Trinajstić information content (AvgIpc) is 2.47. The predicted molar refractivity (Wildman–Crippen MR) is 85.0 cm³/mol. The molecule has 1 aromatic carbocycles. The Bertz CT molecular complexity index is 749. The molecule has 0 saturated carbocycles. The topological polar surface area (TPSA) is 53.2 Å². The van der Waals surface area contributed by atoms with Crippen LogP contribution in [0.1, 0.15) is 18.9 Å². The monoisotopic (exact) mass is 352 g/mol. The van der Waals surface area contributed by atoms with E-state index in [1.807, 2.05) is 19.1 Å². The van der Waals surface area contributed by atoms with Gasteiger partial charge in [0.25, 0.3) is 5.56 Å². The van der Waals surface area contributed by atoms with Crippen LogP contribution in [0.5, 0.6) is 5.75 Å². The minimum absolute atomic E-state index is 0.241. The van der Waals surface area contributed by atoms with Gasteiger partial charge in [0.1, 0.15) is 5.75 Å². The molecule has 5 nitrogen and oxygen atoms in total. The summed E-state index contributed by atoms with van der Waals surface area (Å²) in [4.78, 5) is 24.2. The first-order valence-corrected chi connectivity index (χ1v) is 7.48. The second kappa shape index (κ2) is 6.76. The van der Waals surface area contributed by atoms with E-state index in [1.165, 1.54) is 10.6 Å². The zero-order chi connectivity index (χ0) is 15.4. The van der Waals surface area contributed by atoms with Gasteiger partial charge in [-0.2, -0.15) is 0 Å². The van der Waals surface area contributed by atoms with Crippen molar-refractivity contribution in [2.75, 3.05) is 7.11 Å². The third-order valence-electron chi connectivity index (χ3n) is 3.16. The van der Waals surface area contributed by atoms with Crippen molar-refractivity contribution in [1.29, 1.82) is 0 Å². The maximum Gasteiger partial charge on any atom is 0.331 e. The van der Waals surface area contributed by atoms with Gasteiger partial charge in [-0.3, -0.25) is 9.36 Å². The second-order valence-electron chi connectivity index (χ2n) is 4.68. The molecule has 1 heterocycles. The van der Waals surface area contributed by atoms with Gasteiger partial charge in [-0.15, -0.1) is 0 Å². The SMILES string of the molecule is CCCn1ccc(=O)n(Cc2ccc(OC)c(Br)c2)c1=O. The Morgan fingerprint density at radius 1 is 1.24 bits per heavy atom. The lowest BCUT2D eigenvalue weighted by Gasteiger charge is -2.10. The van der Waals surface area contributed by atoms with Crippen LogP contribution in [0.4, 0.5) is 0 Å². The smallest absolute Gasteiger partial charge is 0.331 e. The molecule has 0 spiro atoms. The molecule has 1 aromatic heterocycles. The summed E-state index contributed by atoms with van der Waals surface area (Å²) in [6, 6.07) is 6.92. The van der Waals surface area contributed by atoms with Crippen molar-refractivity contribution in [2.45, 2.75) is 26.4 Å². The second-order valence-corrected chi connectivity index (χ2v) is 5.54. The zero-order valence-electron chi connectivity index (χ0n) is 12.0. The van der Waals surface area contributed by atoms with E-state index in [0.717, 1.165) is 16.5 Å². The molecule has 0 aliphatic rings. The van der Waals surface area contributed by atoms with Crippen molar-refractivity contribution in [3.8, 4) is 5.75 Å². The number of rotatable bonds is 5. The average molecular weight is 353 g/mol. The van der Waals surface area contributed by atoms with Crippen molar-refractivity contribution in [1.82, 2.24) is 9.13 Å². The van der Waals surface area contributed by atoms with Crippen LogP contribution in [0.25, 0.3) is 0 Å². The van der Waals surface area contributed by atoms with Gasteiger partial charge in [0.2, 0.25) is 0 Å². The Morgan fingerprint density at radius 3 is 2.62 bits per heavy atom. The summed E-state index contributed by atoms with van der Waals surface area (Å²) in [5.74, 6) is 0.711. The highest BCUT2D eigenvalue weighted by Gasteiger charge is 2.07. The van der Waals surface area contributed by atoms with E-state index >= 15 is 0 Å². The fourth-order valence-electron chi connectivity index (χ4n) is 2.10. The van der Waals surface area contributed by atoms with Gasteiger partial charge in [0, 0.05) is 18.8 Å². The van der Waals surface area contributed by atoms with E-state index in [0.29, 0.717) is 12.3 Å². The molecule has 0 aliphatic heterocycles. The molecule has 0 unspecified atom stereocenters. The lowest BCUT2D eigenvalue weighted by molar-refractivity contribution is 0.412. The third-order valence-corrected chi connectivity index (χ3v) is 3.78.